The van der Waals surface area contributed by atoms with E-state index in [1.807, 2.05) is 0 Å². The molecule has 0 saturated carbocycles. The Morgan fingerprint density at radius 1 is 1.28 bits per heavy atom. The molecule has 0 spiro atoms. The topological polar surface area (TPSA) is 38.0 Å². The first-order valence-electron chi connectivity index (χ1n) is 9.41. The van der Waals surface area contributed by atoms with Gasteiger partial charge in [-0.1, -0.05) is 41.1 Å². The quantitative estimate of drug-likeness (QED) is 0.581. The fourth-order valence-corrected chi connectivity index (χ4v) is 5.48. The molecule has 3 rings (SSSR count). The number of nitrogens with one attached hydrogen (secondary N) is 1. The van der Waals surface area contributed by atoms with E-state index >= 15 is 0 Å². The zero-order chi connectivity index (χ0) is 17.8. The molecule has 2 aliphatic rings. The van der Waals surface area contributed by atoms with Crippen LogP contribution >= 0.6 is 31.9 Å². The molecule has 1 aliphatic heterocycles. The Kier molecular flexibility index (Phi) is 6.81. The van der Waals surface area contributed by atoms with Gasteiger partial charge in [-0.2, -0.15) is 0 Å². The smallest absolute Gasteiger partial charge is 0.0326 e. The maximum Gasteiger partial charge on any atom is 0.0326 e. The summed E-state index contributed by atoms with van der Waals surface area (Å²) in [6.45, 7) is 4.53. The second-order valence-corrected chi connectivity index (χ2v) is 9.00. The maximum absolute atomic E-state index is 5.62. The highest BCUT2D eigenvalue weighted by molar-refractivity contribution is 9.12. The third kappa shape index (κ3) is 4.40. The van der Waals surface area contributed by atoms with Gasteiger partial charge >= 0.3 is 0 Å². The molecule has 0 amide bonds. The molecular weight excluding hydrogens is 440 g/mol. The van der Waals surface area contributed by atoms with E-state index in [0.29, 0.717) is 11.8 Å². The largest absolute Gasteiger partial charge is 0.404 e. The van der Waals surface area contributed by atoms with Gasteiger partial charge in [0.1, 0.15) is 0 Å². The van der Waals surface area contributed by atoms with E-state index in [-0.39, 0.29) is 0 Å². The third-order valence-corrected chi connectivity index (χ3v) is 6.96. The molecule has 4 heteroatoms. The Labute approximate surface area is 168 Å². The Balaban J connectivity index is 2.00. The molecule has 0 aromatic heterocycles. The highest BCUT2D eigenvalue weighted by atomic mass is 79.9. The predicted octanol–water partition coefficient (Wildman–Crippen LogP) is 5.41. The first-order valence-corrected chi connectivity index (χ1v) is 11.0. The fraction of sp³-hybridized carbons (Fsp3) is 0.524. The van der Waals surface area contributed by atoms with Crippen LogP contribution in [0.2, 0.25) is 0 Å². The summed E-state index contributed by atoms with van der Waals surface area (Å²) in [5.74, 6) is 1.92. The lowest BCUT2D eigenvalue weighted by molar-refractivity contribution is 0.258. The lowest BCUT2D eigenvalue weighted by Gasteiger charge is -2.40. The van der Waals surface area contributed by atoms with Gasteiger partial charge in [-0.15, -0.1) is 0 Å². The maximum atomic E-state index is 5.62. The average molecular weight is 468 g/mol. The summed E-state index contributed by atoms with van der Waals surface area (Å²) >= 11 is 7.44. The molecule has 0 bridgehead atoms. The van der Waals surface area contributed by atoms with Crippen LogP contribution in [0.4, 0.5) is 0 Å². The highest BCUT2D eigenvalue weighted by Gasteiger charge is 2.36. The second-order valence-electron chi connectivity index (χ2n) is 7.23. The minimum atomic E-state index is 0.576. The molecular formula is C21H28Br2N2. The first-order chi connectivity index (χ1) is 12.1. The number of benzene rings is 1. The van der Waals surface area contributed by atoms with E-state index in [2.05, 4.69) is 68.4 Å². The molecule has 3 N–H and O–H groups in total. The van der Waals surface area contributed by atoms with Crippen LogP contribution in [-0.2, 0) is 12.8 Å². The standard InChI is InChI=1S/C21H28Br2N2/c1-2-14-11-17-4-3-15(5-6-18(22)13-24)20(21(17)19(23)12-14)16-7-9-25-10-8-16/h5-6,11-13,15-16,20,25H,2-4,7-10,24H2,1H3/b6-5-,18-13+. The van der Waals surface area contributed by atoms with Crippen LogP contribution in [0.15, 0.2) is 39.4 Å². The van der Waals surface area contributed by atoms with Crippen LogP contribution < -0.4 is 11.1 Å². The molecule has 2 atom stereocenters. The fourth-order valence-electron chi connectivity index (χ4n) is 4.51. The van der Waals surface area contributed by atoms with E-state index in [1.165, 1.54) is 35.7 Å². The van der Waals surface area contributed by atoms with Crippen molar-refractivity contribution in [3.05, 3.63) is 56.1 Å². The van der Waals surface area contributed by atoms with Crippen LogP contribution in [0, 0.1) is 11.8 Å². The number of hydrogen-bond acceptors (Lipinski definition) is 2. The van der Waals surface area contributed by atoms with Crippen LogP contribution in [-0.4, -0.2) is 13.1 Å². The van der Waals surface area contributed by atoms with Crippen LogP contribution in [0.25, 0.3) is 0 Å². The SMILES string of the molecule is CCc1cc(Br)c2c(c1)CCC(/C=C\C(Br)=C/N)C2C1CCNCC1. The van der Waals surface area contributed by atoms with Gasteiger partial charge < -0.3 is 11.1 Å². The van der Waals surface area contributed by atoms with Crippen molar-refractivity contribution in [1.82, 2.24) is 5.32 Å². The number of hydrogen-bond donors (Lipinski definition) is 2. The van der Waals surface area contributed by atoms with Gasteiger partial charge in [-0.3, -0.25) is 0 Å². The first kappa shape index (κ1) is 19.2. The Morgan fingerprint density at radius 2 is 2.04 bits per heavy atom. The van der Waals surface area contributed by atoms with Crippen LogP contribution in [0.1, 0.15) is 48.8 Å². The van der Waals surface area contributed by atoms with Crippen molar-refractivity contribution in [2.75, 3.05) is 13.1 Å². The molecule has 1 aliphatic carbocycles. The zero-order valence-electron chi connectivity index (χ0n) is 14.9. The van der Waals surface area contributed by atoms with Crippen molar-refractivity contribution in [2.24, 2.45) is 17.6 Å². The van der Waals surface area contributed by atoms with Crippen molar-refractivity contribution >= 4 is 31.9 Å². The number of piperidine rings is 1. The van der Waals surface area contributed by atoms with Crippen LogP contribution in [0.3, 0.4) is 0 Å². The van der Waals surface area contributed by atoms with Crippen molar-refractivity contribution in [1.29, 1.82) is 0 Å². The van der Waals surface area contributed by atoms with Gasteiger partial charge in [0.05, 0.1) is 0 Å². The Hall–Kier alpha value is -0.580. The Morgan fingerprint density at radius 3 is 2.72 bits per heavy atom. The monoisotopic (exact) mass is 466 g/mol. The van der Waals surface area contributed by atoms with E-state index in [9.17, 15) is 0 Å². The third-order valence-electron chi connectivity index (χ3n) is 5.78. The predicted molar refractivity (Wildman–Crippen MR) is 114 cm³/mol. The summed E-state index contributed by atoms with van der Waals surface area (Å²) in [6.07, 6.45) is 12.2. The number of aryl methyl sites for hydroxylation is 2. The minimum absolute atomic E-state index is 0.576. The lowest BCUT2D eigenvalue weighted by atomic mass is 9.66. The highest BCUT2D eigenvalue weighted by Crippen LogP contribution is 2.47. The number of fused-ring (bicyclic) bond motifs is 1. The van der Waals surface area contributed by atoms with Gasteiger partial charge in [0.25, 0.3) is 0 Å². The molecule has 1 aromatic carbocycles. The van der Waals surface area contributed by atoms with Gasteiger partial charge in [0, 0.05) is 15.2 Å². The molecule has 2 unspecified atom stereocenters. The Bertz CT molecular complexity index is 660. The van der Waals surface area contributed by atoms with E-state index in [1.54, 1.807) is 17.3 Å². The molecule has 1 saturated heterocycles. The van der Waals surface area contributed by atoms with E-state index < -0.39 is 0 Å². The number of rotatable bonds is 4. The lowest BCUT2D eigenvalue weighted by Crippen LogP contribution is -2.35. The molecule has 1 aromatic rings. The summed E-state index contributed by atoms with van der Waals surface area (Å²) in [7, 11) is 0. The number of allylic oxidation sites excluding steroid dienone is 3. The minimum Gasteiger partial charge on any atom is -0.404 e. The summed E-state index contributed by atoms with van der Waals surface area (Å²) in [5.41, 5.74) is 10.2. The number of halogens is 2. The van der Waals surface area contributed by atoms with Crippen molar-refractivity contribution < 1.29 is 0 Å². The van der Waals surface area contributed by atoms with Crippen molar-refractivity contribution in [3.63, 3.8) is 0 Å². The number of nitrogens with two attached hydrogens (primary N) is 1. The normalized spacial score (nSPS) is 25.3. The molecule has 25 heavy (non-hydrogen) atoms. The molecule has 0 radical (unpaired) electrons. The van der Waals surface area contributed by atoms with E-state index in [0.717, 1.165) is 29.9 Å². The molecule has 1 fully saturated rings. The second kappa shape index (κ2) is 8.88. The van der Waals surface area contributed by atoms with Gasteiger partial charge in [0.15, 0.2) is 0 Å². The van der Waals surface area contributed by atoms with Gasteiger partial charge in [0.2, 0.25) is 0 Å². The molecule has 2 nitrogen and oxygen atoms in total. The molecule has 1 heterocycles. The van der Waals surface area contributed by atoms with Gasteiger partial charge in [-0.25, -0.2) is 0 Å². The van der Waals surface area contributed by atoms with Crippen molar-refractivity contribution in [3.8, 4) is 0 Å². The zero-order valence-corrected chi connectivity index (χ0v) is 18.1. The average Bonchev–Trinajstić information content (AvgIpc) is 2.66. The summed E-state index contributed by atoms with van der Waals surface area (Å²) < 4.78 is 2.28. The summed E-state index contributed by atoms with van der Waals surface area (Å²) in [5, 5.41) is 3.52. The van der Waals surface area contributed by atoms with Gasteiger partial charge in [-0.05, 0) is 102 Å². The summed E-state index contributed by atoms with van der Waals surface area (Å²) in [4.78, 5) is 0. The summed E-state index contributed by atoms with van der Waals surface area (Å²) in [6, 6.07) is 4.79. The van der Waals surface area contributed by atoms with Crippen molar-refractivity contribution in [2.45, 2.75) is 44.9 Å². The molecule has 136 valence electrons. The van der Waals surface area contributed by atoms with Crippen LogP contribution in [0.5, 0.6) is 0 Å². The van der Waals surface area contributed by atoms with E-state index in [4.69, 9.17) is 5.73 Å².